The molecule has 5 heteroatoms. The summed E-state index contributed by atoms with van der Waals surface area (Å²) in [5.41, 5.74) is 0. The minimum absolute atomic E-state index is 0. The Kier molecular flexibility index (Phi) is 10.1. The second-order valence-corrected chi connectivity index (χ2v) is 4.24. The van der Waals surface area contributed by atoms with Crippen LogP contribution in [0.3, 0.4) is 0 Å². The van der Waals surface area contributed by atoms with Gasteiger partial charge in [-0.25, -0.2) is 4.79 Å². The van der Waals surface area contributed by atoms with Crippen LogP contribution < -0.4 is 17.3 Å². The van der Waals surface area contributed by atoms with E-state index in [0.717, 1.165) is 11.3 Å². The van der Waals surface area contributed by atoms with Gasteiger partial charge < -0.3 is 12.4 Å². The number of quaternary nitrogens is 1. The zero-order valence-corrected chi connectivity index (χ0v) is 9.46. The predicted molar refractivity (Wildman–Crippen MR) is 47.4 cm³/mol. The summed E-state index contributed by atoms with van der Waals surface area (Å²) in [5, 5.41) is 0.0382. The van der Waals surface area contributed by atoms with Crippen molar-refractivity contribution in [2.75, 3.05) is 13.1 Å². The molecule has 0 heterocycles. The third-order valence-electron chi connectivity index (χ3n) is 1.25. The molecule has 12 heavy (non-hydrogen) atoms. The van der Waals surface area contributed by atoms with Crippen LogP contribution in [-0.2, 0) is 4.79 Å². The van der Waals surface area contributed by atoms with Crippen LogP contribution in [0.4, 0.5) is 0 Å². The molecule has 0 bridgehead atoms. The minimum atomic E-state index is 0. The maximum absolute atomic E-state index is 10.4. The van der Waals surface area contributed by atoms with Gasteiger partial charge in [-0.2, -0.15) is 0 Å². The summed E-state index contributed by atoms with van der Waals surface area (Å²) < 4.78 is 0. The van der Waals surface area contributed by atoms with Gasteiger partial charge in [0.15, 0.2) is 0 Å². The Morgan fingerprint density at radius 3 is 1.75 bits per heavy atom. The number of rotatable bonds is 5. The molecule has 2 unspecified atom stereocenters. The van der Waals surface area contributed by atoms with Gasteiger partial charge in [0.25, 0.3) is 6.41 Å². The van der Waals surface area contributed by atoms with E-state index in [-0.39, 0.29) is 23.2 Å². The van der Waals surface area contributed by atoms with Crippen LogP contribution in [0.15, 0.2) is 0 Å². The highest BCUT2D eigenvalue weighted by Crippen LogP contribution is 1.89. The Morgan fingerprint density at radius 2 is 1.58 bits per heavy atom. The molecule has 2 atom stereocenters. The first-order chi connectivity index (χ1) is 5.06. The van der Waals surface area contributed by atoms with E-state index in [9.17, 15) is 4.79 Å². The average molecular weight is 235 g/mol. The molecule has 0 rings (SSSR count). The van der Waals surface area contributed by atoms with E-state index in [1.54, 1.807) is 0 Å². The van der Waals surface area contributed by atoms with Gasteiger partial charge in [0.1, 0.15) is 13.1 Å². The average Bonchev–Trinajstić information content (AvgIpc) is 1.84. The Labute approximate surface area is 89.6 Å². The van der Waals surface area contributed by atoms with Gasteiger partial charge in [-0.15, -0.1) is 23.2 Å². The van der Waals surface area contributed by atoms with Crippen molar-refractivity contribution in [1.29, 1.82) is 0 Å². The predicted octanol–water partition coefficient (Wildman–Crippen LogP) is -2.71. The Bertz CT molecular complexity index is 109. The van der Waals surface area contributed by atoms with E-state index in [4.69, 9.17) is 23.2 Å². The zero-order chi connectivity index (χ0) is 8.85. The van der Waals surface area contributed by atoms with Crippen LogP contribution in [0.2, 0.25) is 0 Å². The Hall–Kier alpha value is 0.500. The number of carbonyl (C=O) groups excluding carboxylic acids is 1. The molecule has 0 aromatic carbocycles. The van der Waals surface area contributed by atoms with Crippen molar-refractivity contribution >= 4 is 29.6 Å². The van der Waals surface area contributed by atoms with E-state index in [2.05, 4.69) is 0 Å². The molecule has 0 fully saturated rings. The molecule has 74 valence electrons. The fourth-order valence-corrected chi connectivity index (χ4v) is 1.30. The standard InChI is InChI=1S/C7H13Cl2NO.ClH/c1-6(8)3-10(5-11)4-7(2)9;/h5-7H,3-4H2,1-2H3;1H. The van der Waals surface area contributed by atoms with E-state index in [0.29, 0.717) is 13.1 Å². The number of carbonyl (C=O) groups is 1. The third-order valence-corrected chi connectivity index (χ3v) is 1.56. The summed E-state index contributed by atoms with van der Waals surface area (Å²) in [4.78, 5) is 11.2. The van der Waals surface area contributed by atoms with E-state index in [1.807, 2.05) is 13.8 Å². The van der Waals surface area contributed by atoms with Gasteiger partial charge in [-0.1, -0.05) is 0 Å². The molecular formula is C7H14Cl3NO. The van der Waals surface area contributed by atoms with Crippen LogP contribution in [-0.4, -0.2) is 30.3 Å². The summed E-state index contributed by atoms with van der Waals surface area (Å²) in [7, 11) is 0. The highest BCUT2D eigenvalue weighted by atomic mass is 35.5. The summed E-state index contributed by atoms with van der Waals surface area (Å²) in [6.07, 6.45) is 0.859. The van der Waals surface area contributed by atoms with E-state index in [1.165, 1.54) is 0 Å². The largest absolute Gasteiger partial charge is 1.00 e. The number of amides is 1. The normalized spacial score (nSPS) is 17.3. The Balaban J connectivity index is 0. The van der Waals surface area contributed by atoms with Gasteiger partial charge >= 0.3 is 0 Å². The van der Waals surface area contributed by atoms with Crippen LogP contribution in [0.25, 0.3) is 0 Å². The van der Waals surface area contributed by atoms with Gasteiger partial charge in [0, 0.05) is 0 Å². The topological polar surface area (TPSA) is 21.5 Å². The molecule has 2 nitrogen and oxygen atoms in total. The lowest BCUT2D eigenvalue weighted by molar-refractivity contribution is -0.809. The fraction of sp³-hybridized carbons (Fsp3) is 0.857. The molecule has 1 N–H and O–H groups in total. The molecular weight excluding hydrogens is 220 g/mol. The van der Waals surface area contributed by atoms with Crippen molar-refractivity contribution in [3.63, 3.8) is 0 Å². The van der Waals surface area contributed by atoms with Gasteiger partial charge in [0.2, 0.25) is 0 Å². The third kappa shape index (κ3) is 8.60. The SMILES string of the molecule is CC(Cl)C[NH+](C=O)CC(C)Cl.[Cl-]. The summed E-state index contributed by atoms with van der Waals surface area (Å²) >= 11 is 11.4. The molecule has 0 saturated heterocycles. The first kappa shape index (κ1) is 15.0. The van der Waals surface area contributed by atoms with Gasteiger partial charge in [-0.05, 0) is 13.8 Å². The maximum atomic E-state index is 10.4. The second-order valence-electron chi connectivity index (χ2n) is 2.75. The maximum Gasteiger partial charge on any atom is 0.299 e. The van der Waals surface area contributed by atoms with Crippen LogP contribution in [0.5, 0.6) is 0 Å². The minimum Gasteiger partial charge on any atom is -1.00 e. The molecule has 0 saturated carbocycles. The molecule has 0 aliphatic rings. The second kappa shape index (κ2) is 8.11. The van der Waals surface area contributed by atoms with E-state index < -0.39 is 0 Å². The van der Waals surface area contributed by atoms with Crippen LogP contribution in [0.1, 0.15) is 13.8 Å². The lowest BCUT2D eigenvalue weighted by atomic mass is 10.4. The number of alkyl halides is 2. The number of hydrogen-bond donors (Lipinski definition) is 1. The molecule has 0 radical (unpaired) electrons. The monoisotopic (exact) mass is 233 g/mol. The molecule has 0 aromatic rings. The highest BCUT2D eigenvalue weighted by molar-refractivity contribution is 6.20. The summed E-state index contributed by atoms with van der Waals surface area (Å²) in [5.74, 6) is 0. The van der Waals surface area contributed by atoms with Gasteiger partial charge in [0.05, 0.1) is 10.8 Å². The lowest BCUT2D eigenvalue weighted by Gasteiger charge is -2.13. The van der Waals surface area contributed by atoms with Crippen LogP contribution >= 0.6 is 23.2 Å². The summed E-state index contributed by atoms with van der Waals surface area (Å²) in [6.45, 7) is 5.01. The highest BCUT2D eigenvalue weighted by Gasteiger charge is 2.12. The van der Waals surface area contributed by atoms with Crippen molar-refractivity contribution in [3.05, 3.63) is 0 Å². The quantitative estimate of drug-likeness (QED) is 0.405. The van der Waals surface area contributed by atoms with E-state index >= 15 is 0 Å². The number of hydrogen-bond acceptors (Lipinski definition) is 1. The smallest absolute Gasteiger partial charge is 0.299 e. The van der Waals surface area contributed by atoms with Crippen molar-refractivity contribution in [3.8, 4) is 0 Å². The zero-order valence-electron chi connectivity index (χ0n) is 7.19. The molecule has 1 amide bonds. The first-order valence-corrected chi connectivity index (χ1v) is 4.51. The fourth-order valence-electron chi connectivity index (χ4n) is 0.902. The van der Waals surface area contributed by atoms with Crippen molar-refractivity contribution < 1.29 is 22.1 Å². The number of halogens is 3. The number of nitrogens with one attached hydrogen (secondary N) is 1. The van der Waals surface area contributed by atoms with Crippen molar-refractivity contribution in [1.82, 2.24) is 0 Å². The van der Waals surface area contributed by atoms with Crippen LogP contribution in [0, 0.1) is 0 Å². The van der Waals surface area contributed by atoms with Crippen molar-refractivity contribution in [2.45, 2.75) is 24.6 Å². The van der Waals surface area contributed by atoms with Crippen molar-refractivity contribution in [2.24, 2.45) is 0 Å². The lowest BCUT2D eigenvalue weighted by Crippen LogP contribution is -3.12. The summed E-state index contributed by atoms with van der Waals surface area (Å²) in [6, 6.07) is 0. The molecule has 0 aromatic heterocycles. The molecule has 0 aliphatic heterocycles. The molecule has 0 spiro atoms. The first-order valence-electron chi connectivity index (χ1n) is 3.64. The Morgan fingerprint density at radius 1 is 1.25 bits per heavy atom. The van der Waals surface area contributed by atoms with Gasteiger partial charge in [-0.3, -0.25) is 4.90 Å². The molecule has 0 aliphatic carbocycles.